The van der Waals surface area contributed by atoms with Crippen molar-refractivity contribution in [3.8, 4) is 6.07 Å². The Kier molecular flexibility index (Phi) is 6.20. The monoisotopic (exact) mass is 451 g/mol. The van der Waals surface area contributed by atoms with Crippen molar-refractivity contribution >= 4 is 22.8 Å². The molecule has 5 rings (SSSR count). The van der Waals surface area contributed by atoms with E-state index < -0.39 is 0 Å². The van der Waals surface area contributed by atoms with Crippen LogP contribution in [0.5, 0.6) is 0 Å². The van der Waals surface area contributed by atoms with Gasteiger partial charge in [0.2, 0.25) is 0 Å². The van der Waals surface area contributed by atoms with Crippen molar-refractivity contribution in [1.82, 2.24) is 0 Å². The zero-order chi connectivity index (χ0) is 23.5. The van der Waals surface area contributed by atoms with Crippen molar-refractivity contribution < 1.29 is 4.74 Å². The first-order chi connectivity index (χ1) is 16.6. The Morgan fingerprint density at radius 1 is 1.06 bits per heavy atom. The number of fused-ring (bicyclic) bond motifs is 1. The minimum Gasteiger partial charge on any atom is -0.398 e. The van der Waals surface area contributed by atoms with E-state index in [1.54, 1.807) is 0 Å². The van der Waals surface area contributed by atoms with Crippen molar-refractivity contribution in [3.05, 3.63) is 88.5 Å². The lowest BCUT2D eigenvalue weighted by molar-refractivity contribution is 0.122. The quantitative estimate of drug-likeness (QED) is 0.379. The van der Waals surface area contributed by atoms with Crippen LogP contribution in [0.4, 0.5) is 17.1 Å². The number of nitrogens with two attached hydrogens (primary N) is 1. The predicted molar refractivity (Wildman–Crippen MR) is 137 cm³/mol. The van der Waals surface area contributed by atoms with Gasteiger partial charge in [0.25, 0.3) is 0 Å². The van der Waals surface area contributed by atoms with E-state index in [4.69, 9.17) is 15.9 Å². The van der Waals surface area contributed by atoms with Crippen LogP contribution in [0.25, 0.3) is 0 Å². The maximum Gasteiger partial charge on any atom is 0.0991 e. The third-order valence-electron chi connectivity index (χ3n) is 6.78. The Balaban J connectivity index is 1.35. The van der Waals surface area contributed by atoms with Gasteiger partial charge in [0.1, 0.15) is 0 Å². The number of aryl methyl sites for hydroxylation is 1. The van der Waals surface area contributed by atoms with Crippen LogP contribution in [0.2, 0.25) is 0 Å². The average Bonchev–Trinajstić information content (AvgIpc) is 2.90. The molecule has 0 amide bonds. The van der Waals surface area contributed by atoms with Gasteiger partial charge in [0.15, 0.2) is 0 Å². The molecule has 0 radical (unpaired) electrons. The molecule has 2 aliphatic rings. The van der Waals surface area contributed by atoms with Crippen LogP contribution >= 0.6 is 0 Å². The van der Waals surface area contributed by atoms with Crippen LogP contribution in [0.1, 0.15) is 46.7 Å². The van der Waals surface area contributed by atoms with E-state index in [1.807, 2.05) is 42.5 Å². The van der Waals surface area contributed by atoms with E-state index in [1.165, 1.54) is 11.1 Å². The molecule has 34 heavy (non-hydrogen) atoms. The number of nitrogen functional groups attached to an aromatic ring is 1. The van der Waals surface area contributed by atoms with Gasteiger partial charge >= 0.3 is 0 Å². The standard InChI is InChI=1S/C28H29N5O/c29-18-19-4-10-24-21(16-19)2-1-3-27(24)32-22-7-11-26(30)25(17-22)28(31)20-5-8-23(9-6-20)33-12-14-34-15-13-33/h4-11,16-17,27,31-32H,1-3,12-15,30H2. The highest BCUT2D eigenvalue weighted by molar-refractivity contribution is 6.14. The highest BCUT2D eigenvalue weighted by atomic mass is 16.5. The molecule has 1 heterocycles. The number of hydrogen-bond acceptors (Lipinski definition) is 6. The molecule has 0 bridgehead atoms. The molecule has 1 aliphatic carbocycles. The van der Waals surface area contributed by atoms with E-state index in [2.05, 4.69) is 34.5 Å². The minimum atomic E-state index is 0.176. The van der Waals surface area contributed by atoms with Gasteiger partial charge in [-0.1, -0.05) is 18.2 Å². The van der Waals surface area contributed by atoms with Crippen LogP contribution in [0, 0.1) is 16.7 Å². The van der Waals surface area contributed by atoms with Gasteiger partial charge < -0.3 is 20.7 Å². The van der Waals surface area contributed by atoms with E-state index in [0.717, 1.165) is 68.1 Å². The van der Waals surface area contributed by atoms with E-state index >= 15 is 0 Å². The molecule has 1 aliphatic heterocycles. The van der Waals surface area contributed by atoms with Gasteiger partial charge in [0, 0.05) is 41.3 Å². The smallest absolute Gasteiger partial charge is 0.0991 e. The number of morpholine rings is 1. The molecule has 1 unspecified atom stereocenters. The summed E-state index contributed by atoms with van der Waals surface area (Å²) < 4.78 is 5.44. The Morgan fingerprint density at radius 2 is 1.85 bits per heavy atom. The summed E-state index contributed by atoms with van der Waals surface area (Å²) in [7, 11) is 0. The highest BCUT2D eigenvalue weighted by Crippen LogP contribution is 2.34. The van der Waals surface area contributed by atoms with Crippen molar-refractivity contribution in [1.29, 1.82) is 10.7 Å². The lowest BCUT2D eigenvalue weighted by Crippen LogP contribution is -2.36. The van der Waals surface area contributed by atoms with Crippen LogP contribution in [-0.2, 0) is 11.2 Å². The number of nitrogens with zero attached hydrogens (tertiary/aromatic N) is 2. The van der Waals surface area contributed by atoms with E-state index in [9.17, 15) is 5.26 Å². The highest BCUT2D eigenvalue weighted by Gasteiger charge is 2.21. The summed E-state index contributed by atoms with van der Waals surface area (Å²) in [5.74, 6) is 0. The second-order valence-electron chi connectivity index (χ2n) is 8.94. The van der Waals surface area contributed by atoms with Crippen LogP contribution in [0.3, 0.4) is 0 Å². The van der Waals surface area contributed by atoms with Crippen LogP contribution in [0.15, 0.2) is 60.7 Å². The van der Waals surface area contributed by atoms with Crippen LogP contribution in [-0.4, -0.2) is 32.0 Å². The van der Waals surface area contributed by atoms with E-state index in [-0.39, 0.29) is 6.04 Å². The van der Waals surface area contributed by atoms with Crippen molar-refractivity contribution in [2.45, 2.75) is 25.3 Å². The SMILES string of the molecule is N#Cc1ccc2c(c1)CCCC2Nc1ccc(N)c(C(=N)c2ccc(N3CCOCC3)cc2)c1. The third kappa shape index (κ3) is 4.48. The normalized spacial score (nSPS) is 17.5. The van der Waals surface area contributed by atoms with Crippen LogP contribution < -0.4 is 16.0 Å². The number of hydrogen-bond donors (Lipinski definition) is 3. The van der Waals surface area contributed by atoms with Gasteiger partial charge in [-0.15, -0.1) is 0 Å². The molecule has 6 heteroatoms. The Hall–Kier alpha value is -3.82. The molecular weight excluding hydrogens is 422 g/mol. The summed E-state index contributed by atoms with van der Waals surface area (Å²) in [4.78, 5) is 2.30. The second-order valence-corrected chi connectivity index (χ2v) is 8.94. The first kappa shape index (κ1) is 22.0. The van der Waals surface area contributed by atoms with Crippen molar-refractivity contribution in [2.24, 2.45) is 0 Å². The average molecular weight is 452 g/mol. The van der Waals surface area contributed by atoms with E-state index in [0.29, 0.717) is 17.0 Å². The molecule has 0 spiro atoms. The summed E-state index contributed by atoms with van der Waals surface area (Å²) in [6, 6.07) is 22.3. The lowest BCUT2D eigenvalue weighted by atomic mass is 9.86. The van der Waals surface area contributed by atoms with Gasteiger partial charge in [-0.05, 0) is 72.9 Å². The second kappa shape index (κ2) is 9.58. The fraction of sp³-hybridized carbons (Fsp3) is 0.286. The summed E-state index contributed by atoms with van der Waals surface area (Å²) >= 11 is 0. The fourth-order valence-corrected chi connectivity index (χ4v) is 4.91. The Morgan fingerprint density at radius 3 is 2.62 bits per heavy atom. The minimum absolute atomic E-state index is 0.176. The largest absolute Gasteiger partial charge is 0.398 e. The molecule has 1 fully saturated rings. The topological polar surface area (TPSA) is 98.2 Å². The maximum atomic E-state index is 9.22. The summed E-state index contributed by atoms with van der Waals surface area (Å²) in [6.07, 6.45) is 3.10. The summed E-state index contributed by atoms with van der Waals surface area (Å²) in [5, 5.41) is 21.7. The van der Waals surface area contributed by atoms with Gasteiger partial charge in [-0.25, -0.2) is 0 Å². The Labute approximate surface area is 200 Å². The number of benzene rings is 3. The number of rotatable bonds is 5. The van der Waals surface area contributed by atoms with Crippen molar-refractivity contribution in [2.75, 3.05) is 42.3 Å². The molecule has 0 aromatic heterocycles. The molecule has 3 aromatic rings. The molecule has 3 aromatic carbocycles. The number of anilines is 3. The third-order valence-corrected chi connectivity index (χ3v) is 6.78. The first-order valence-corrected chi connectivity index (χ1v) is 11.8. The molecule has 1 atom stereocenters. The Bertz CT molecular complexity index is 1240. The lowest BCUT2D eigenvalue weighted by Gasteiger charge is -2.29. The molecular formula is C28H29N5O. The molecule has 172 valence electrons. The zero-order valence-corrected chi connectivity index (χ0v) is 19.2. The van der Waals surface area contributed by atoms with Gasteiger partial charge in [-0.3, -0.25) is 5.41 Å². The summed E-state index contributed by atoms with van der Waals surface area (Å²) in [5.41, 5.74) is 14.2. The maximum absolute atomic E-state index is 9.22. The molecule has 4 N–H and O–H groups in total. The molecule has 1 saturated heterocycles. The van der Waals surface area contributed by atoms with Gasteiger partial charge in [-0.2, -0.15) is 5.26 Å². The predicted octanol–water partition coefficient (Wildman–Crippen LogP) is 4.88. The van der Waals surface area contributed by atoms with Crippen molar-refractivity contribution in [3.63, 3.8) is 0 Å². The molecule has 0 saturated carbocycles. The zero-order valence-electron chi connectivity index (χ0n) is 19.2. The fourth-order valence-electron chi connectivity index (χ4n) is 4.91. The molecule has 6 nitrogen and oxygen atoms in total. The number of nitrogens with one attached hydrogen (secondary N) is 2. The first-order valence-electron chi connectivity index (χ1n) is 11.8. The number of nitriles is 1. The van der Waals surface area contributed by atoms with Gasteiger partial charge in [0.05, 0.1) is 36.6 Å². The summed E-state index contributed by atoms with van der Waals surface area (Å²) in [6.45, 7) is 3.27. The number of ether oxygens (including phenoxy) is 1.